The molecule has 1 aliphatic heterocycles. The van der Waals surface area contributed by atoms with Crippen LogP contribution in [0.3, 0.4) is 0 Å². The normalized spacial score (nSPS) is 23.3. The highest BCUT2D eigenvalue weighted by molar-refractivity contribution is 7.19. The molecule has 45 heavy (non-hydrogen) atoms. The molecule has 0 amide bonds. The smallest absolute Gasteiger partial charge is 0.303 e. The molecule has 0 spiro atoms. The quantitative estimate of drug-likeness (QED) is 0.204. The fraction of sp³-hybridized carbons (Fsp3) is 0.471. The van der Waals surface area contributed by atoms with E-state index >= 15 is 0 Å². The van der Waals surface area contributed by atoms with Crippen molar-refractivity contribution >= 4 is 45.3 Å². The van der Waals surface area contributed by atoms with Crippen LogP contribution in [0, 0.1) is 0 Å². The van der Waals surface area contributed by atoms with Crippen LogP contribution in [0.5, 0.6) is 5.75 Å². The molecule has 2 aliphatic rings. The van der Waals surface area contributed by atoms with Crippen molar-refractivity contribution in [3.8, 4) is 5.75 Å². The number of hydrogen-bond donors (Lipinski definition) is 0. The van der Waals surface area contributed by atoms with Crippen LogP contribution in [0.1, 0.15) is 75.5 Å². The highest BCUT2D eigenvalue weighted by atomic mass is 32.1. The summed E-state index contributed by atoms with van der Waals surface area (Å²) in [6.45, 7) is 4.60. The van der Waals surface area contributed by atoms with E-state index in [0.717, 1.165) is 36.1 Å². The van der Waals surface area contributed by atoms with Crippen molar-refractivity contribution in [1.29, 1.82) is 0 Å². The van der Waals surface area contributed by atoms with Gasteiger partial charge in [0.1, 0.15) is 24.6 Å². The molecule has 1 aliphatic carbocycles. The van der Waals surface area contributed by atoms with Gasteiger partial charge in [0.05, 0.1) is 6.10 Å². The van der Waals surface area contributed by atoms with Crippen molar-refractivity contribution < 1.29 is 47.6 Å². The highest BCUT2D eigenvalue weighted by Gasteiger charge is 2.53. The first kappa shape index (κ1) is 32.4. The number of benzene rings is 2. The zero-order chi connectivity index (χ0) is 32.1. The molecule has 10 nitrogen and oxygen atoms in total. The average molecular weight is 639 g/mol. The Morgan fingerprint density at radius 3 is 2.13 bits per heavy atom. The Labute approximate surface area is 265 Å². The van der Waals surface area contributed by atoms with Crippen molar-refractivity contribution in [3.63, 3.8) is 0 Å². The summed E-state index contributed by atoms with van der Waals surface area (Å²) in [5.74, 6) is -2.03. The third-order valence-electron chi connectivity index (χ3n) is 7.82. The molecular formula is C34H38O10S. The van der Waals surface area contributed by atoms with Crippen LogP contribution in [-0.2, 0) is 49.3 Å². The fourth-order valence-corrected chi connectivity index (χ4v) is 7.13. The molecule has 5 rings (SSSR count). The summed E-state index contributed by atoms with van der Waals surface area (Å²) in [6, 6.07) is 16.2. The molecule has 2 fully saturated rings. The molecule has 0 bridgehead atoms. The minimum Gasteiger partial charge on any atom is -0.490 e. The number of fused-ring (bicyclic) bond motifs is 1. The van der Waals surface area contributed by atoms with E-state index in [0.29, 0.717) is 17.7 Å². The molecule has 2 heterocycles. The Kier molecular flexibility index (Phi) is 10.4. The van der Waals surface area contributed by atoms with Gasteiger partial charge in [-0.3, -0.25) is 19.2 Å². The van der Waals surface area contributed by atoms with Gasteiger partial charge in [0, 0.05) is 49.3 Å². The lowest BCUT2D eigenvalue weighted by Gasteiger charge is -2.45. The largest absolute Gasteiger partial charge is 0.490 e. The number of carbonyl (C=O) groups excluding carboxylic acids is 4. The fourth-order valence-electron chi connectivity index (χ4n) is 6.03. The van der Waals surface area contributed by atoms with E-state index in [4.69, 9.17) is 28.4 Å². The standard InChI is InChI=1S/C34H38O10S/c1-19(35)39-18-29-32(40-20(2)36)34(42-22(4)38)33(41-21(3)37)31(44-29)27-16-23(13-14-28(27)43-25-10-6-7-11-25)15-26-17-24-9-5-8-12-30(24)45-26/h5,8-9,12-14,16-17,25,29,31-34H,6-7,10-11,15,18H2,1-4H3/t29-,31+,32-,33+,34+/m1/s1. The zero-order valence-corrected chi connectivity index (χ0v) is 26.6. The van der Waals surface area contributed by atoms with Gasteiger partial charge >= 0.3 is 23.9 Å². The maximum absolute atomic E-state index is 12.5. The van der Waals surface area contributed by atoms with E-state index in [1.54, 1.807) is 11.3 Å². The van der Waals surface area contributed by atoms with E-state index in [2.05, 4.69) is 18.2 Å². The van der Waals surface area contributed by atoms with Gasteiger partial charge in [-0.1, -0.05) is 24.3 Å². The second-order valence-electron chi connectivity index (χ2n) is 11.4. The Morgan fingerprint density at radius 2 is 1.47 bits per heavy atom. The van der Waals surface area contributed by atoms with Crippen molar-refractivity contribution in [2.24, 2.45) is 0 Å². The highest BCUT2D eigenvalue weighted by Crippen LogP contribution is 2.42. The van der Waals surface area contributed by atoms with E-state index in [1.807, 2.05) is 30.3 Å². The van der Waals surface area contributed by atoms with Crippen LogP contribution in [0.15, 0.2) is 48.5 Å². The zero-order valence-electron chi connectivity index (χ0n) is 25.8. The van der Waals surface area contributed by atoms with Crippen LogP contribution >= 0.6 is 11.3 Å². The summed E-state index contributed by atoms with van der Waals surface area (Å²) in [5, 5.41) is 1.17. The molecule has 0 unspecified atom stereocenters. The summed E-state index contributed by atoms with van der Waals surface area (Å²) in [6.07, 6.45) is -1.23. The van der Waals surface area contributed by atoms with Gasteiger partial charge in [-0.15, -0.1) is 11.3 Å². The minimum atomic E-state index is -1.26. The summed E-state index contributed by atoms with van der Waals surface area (Å²) in [4.78, 5) is 50.0. The molecule has 2 aromatic carbocycles. The SMILES string of the molecule is CC(=O)OC[C@H]1O[C@@H](c2cc(Cc3cc4ccccc4s3)ccc2OC2CCCC2)[C@H](OC(C)=O)[C@@H](OC(C)=O)[C@@H]1OC(C)=O. The predicted molar refractivity (Wildman–Crippen MR) is 165 cm³/mol. The van der Waals surface area contributed by atoms with Crippen molar-refractivity contribution in [3.05, 3.63) is 64.5 Å². The Morgan fingerprint density at radius 1 is 0.800 bits per heavy atom. The first-order valence-corrected chi connectivity index (χ1v) is 16.0. The van der Waals surface area contributed by atoms with Gasteiger partial charge in [0.2, 0.25) is 0 Å². The van der Waals surface area contributed by atoms with E-state index in [1.165, 1.54) is 37.8 Å². The second-order valence-corrected chi connectivity index (χ2v) is 12.6. The third kappa shape index (κ3) is 8.20. The Balaban J connectivity index is 1.59. The molecule has 0 radical (unpaired) electrons. The maximum Gasteiger partial charge on any atom is 0.303 e. The van der Waals surface area contributed by atoms with Gasteiger partial charge in [-0.05, 0) is 60.9 Å². The Bertz CT molecular complexity index is 1510. The van der Waals surface area contributed by atoms with Crippen molar-refractivity contribution in [2.45, 2.75) is 96.4 Å². The number of ether oxygens (including phenoxy) is 6. The Hall–Kier alpha value is -3.96. The molecule has 240 valence electrons. The molecule has 1 aromatic heterocycles. The topological polar surface area (TPSA) is 124 Å². The number of esters is 4. The molecule has 11 heteroatoms. The molecular weight excluding hydrogens is 600 g/mol. The number of hydrogen-bond acceptors (Lipinski definition) is 11. The first-order valence-electron chi connectivity index (χ1n) is 15.1. The molecule has 0 N–H and O–H groups in total. The molecule has 1 saturated carbocycles. The molecule has 1 saturated heterocycles. The van der Waals surface area contributed by atoms with Crippen LogP contribution in [-0.4, -0.2) is 61.0 Å². The minimum absolute atomic E-state index is 0.00265. The number of carbonyl (C=O) groups is 4. The van der Waals surface area contributed by atoms with Gasteiger partial charge in [-0.2, -0.15) is 0 Å². The lowest BCUT2D eigenvalue weighted by molar-refractivity contribution is -0.254. The second kappa shape index (κ2) is 14.4. The van der Waals surface area contributed by atoms with Crippen molar-refractivity contribution in [2.75, 3.05) is 6.61 Å². The van der Waals surface area contributed by atoms with Crippen LogP contribution < -0.4 is 4.74 Å². The summed E-state index contributed by atoms with van der Waals surface area (Å²) >= 11 is 1.71. The molecule has 5 atom stereocenters. The lowest BCUT2D eigenvalue weighted by Crippen LogP contribution is -2.59. The van der Waals surface area contributed by atoms with Gasteiger partial charge in [0.15, 0.2) is 18.3 Å². The first-order chi connectivity index (χ1) is 21.6. The number of thiophene rings is 1. The van der Waals surface area contributed by atoms with E-state index in [9.17, 15) is 19.2 Å². The maximum atomic E-state index is 12.5. The molecule has 3 aromatic rings. The summed E-state index contributed by atoms with van der Waals surface area (Å²) in [7, 11) is 0. The van der Waals surface area contributed by atoms with E-state index in [-0.39, 0.29) is 12.7 Å². The van der Waals surface area contributed by atoms with Crippen molar-refractivity contribution in [1.82, 2.24) is 0 Å². The summed E-state index contributed by atoms with van der Waals surface area (Å²) < 4.78 is 36.5. The van der Waals surface area contributed by atoms with Crippen LogP contribution in [0.4, 0.5) is 0 Å². The van der Waals surface area contributed by atoms with Crippen LogP contribution in [0.25, 0.3) is 10.1 Å². The van der Waals surface area contributed by atoms with Gasteiger partial charge in [0.25, 0.3) is 0 Å². The summed E-state index contributed by atoms with van der Waals surface area (Å²) in [5.41, 5.74) is 1.54. The predicted octanol–water partition coefficient (Wildman–Crippen LogP) is 5.61. The van der Waals surface area contributed by atoms with Crippen LogP contribution in [0.2, 0.25) is 0 Å². The van der Waals surface area contributed by atoms with E-state index < -0.39 is 54.4 Å². The average Bonchev–Trinajstić information content (AvgIpc) is 3.64. The monoisotopic (exact) mass is 638 g/mol. The van der Waals surface area contributed by atoms with Gasteiger partial charge in [-0.25, -0.2) is 0 Å². The van der Waals surface area contributed by atoms with Gasteiger partial charge < -0.3 is 28.4 Å². The third-order valence-corrected chi connectivity index (χ3v) is 8.94. The number of rotatable bonds is 10. The lowest BCUT2D eigenvalue weighted by atomic mass is 9.89.